The molecule has 0 saturated carbocycles. The van der Waals surface area contributed by atoms with Gasteiger partial charge in [0.25, 0.3) is 5.56 Å². The summed E-state index contributed by atoms with van der Waals surface area (Å²) in [4.78, 5) is 40.6. The van der Waals surface area contributed by atoms with Crippen LogP contribution in [0.1, 0.15) is 55.5 Å². The molecule has 0 radical (unpaired) electrons. The fourth-order valence-electron chi connectivity index (χ4n) is 6.06. The summed E-state index contributed by atoms with van der Waals surface area (Å²) in [6.45, 7) is 10.1. The molecule has 1 saturated heterocycles. The first-order valence-corrected chi connectivity index (χ1v) is 12.6. The molecule has 4 aromatic rings. The van der Waals surface area contributed by atoms with Crippen LogP contribution < -0.4 is 11.2 Å². The molecule has 7 heteroatoms. The Hall–Kier alpha value is -3.61. The second kappa shape index (κ2) is 7.95. The largest absolute Gasteiger partial charge is 0.464 e. The van der Waals surface area contributed by atoms with E-state index >= 15 is 0 Å². The van der Waals surface area contributed by atoms with Gasteiger partial charge in [-0.3, -0.25) is 9.59 Å². The van der Waals surface area contributed by atoms with Gasteiger partial charge in [-0.2, -0.15) is 0 Å². The molecule has 0 unspecified atom stereocenters. The molecule has 3 aromatic heterocycles. The van der Waals surface area contributed by atoms with E-state index in [0.717, 1.165) is 34.0 Å². The number of likely N-dealkylation sites (tertiary alicyclic amines) is 1. The molecule has 2 aliphatic rings. The smallest absolute Gasteiger partial charge is 0.340 e. The van der Waals surface area contributed by atoms with E-state index < -0.39 is 5.63 Å². The second-order valence-electron chi connectivity index (χ2n) is 11.4. The molecule has 2 bridgehead atoms. The highest BCUT2D eigenvalue weighted by Gasteiger charge is 2.36. The maximum absolute atomic E-state index is 13.4. The van der Waals surface area contributed by atoms with Gasteiger partial charge in [-0.1, -0.05) is 26.8 Å². The predicted molar refractivity (Wildman–Crippen MR) is 138 cm³/mol. The zero-order valence-corrected chi connectivity index (χ0v) is 21.1. The Kier molecular flexibility index (Phi) is 5.04. The van der Waals surface area contributed by atoms with Crippen molar-refractivity contribution in [1.82, 2.24) is 9.47 Å². The van der Waals surface area contributed by atoms with Crippen LogP contribution in [-0.2, 0) is 23.2 Å². The van der Waals surface area contributed by atoms with E-state index in [2.05, 4.69) is 20.8 Å². The van der Waals surface area contributed by atoms with Crippen molar-refractivity contribution in [1.29, 1.82) is 0 Å². The zero-order valence-electron chi connectivity index (χ0n) is 21.1. The van der Waals surface area contributed by atoms with Crippen LogP contribution in [0.25, 0.3) is 21.9 Å². The Morgan fingerprint density at radius 3 is 2.64 bits per heavy atom. The molecule has 5 heterocycles. The molecule has 1 aromatic carbocycles. The fraction of sp³-hybridized carbons (Fsp3) is 0.414. The lowest BCUT2D eigenvalue weighted by molar-refractivity contribution is -0.133. The summed E-state index contributed by atoms with van der Waals surface area (Å²) in [7, 11) is 0. The van der Waals surface area contributed by atoms with Crippen LogP contribution in [0.2, 0.25) is 0 Å². The summed E-state index contributed by atoms with van der Waals surface area (Å²) < 4.78 is 13.3. The molecule has 2 atom stereocenters. The summed E-state index contributed by atoms with van der Waals surface area (Å²) in [5.41, 5.74) is 3.84. The van der Waals surface area contributed by atoms with Gasteiger partial charge in [-0.25, -0.2) is 4.79 Å². The number of aryl methyl sites for hydroxylation is 1. The Morgan fingerprint density at radius 2 is 1.86 bits per heavy atom. The van der Waals surface area contributed by atoms with Crippen molar-refractivity contribution in [3.63, 3.8) is 0 Å². The Labute approximate surface area is 208 Å². The van der Waals surface area contributed by atoms with Crippen LogP contribution in [-0.4, -0.2) is 28.5 Å². The van der Waals surface area contributed by atoms with Crippen molar-refractivity contribution >= 4 is 27.8 Å². The SMILES string of the molecule is Cc1c(CC(=O)N2C[C@@H]3C[C@@H](C2)c2cccc(=O)n2C3)c(=O)oc2cc3occ(C(C)(C)C)c3cc12. The highest BCUT2D eigenvalue weighted by molar-refractivity contribution is 5.97. The first-order valence-electron chi connectivity index (χ1n) is 12.6. The van der Waals surface area contributed by atoms with Crippen LogP contribution in [0.3, 0.4) is 0 Å². The van der Waals surface area contributed by atoms with E-state index in [1.54, 1.807) is 24.5 Å². The maximum Gasteiger partial charge on any atom is 0.340 e. The van der Waals surface area contributed by atoms with E-state index in [1.807, 2.05) is 28.5 Å². The molecule has 6 rings (SSSR count). The minimum atomic E-state index is -0.482. The van der Waals surface area contributed by atoms with E-state index in [0.29, 0.717) is 36.4 Å². The molecule has 0 spiro atoms. The van der Waals surface area contributed by atoms with Crippen LogP contribution in [0.15, 0.2) is 55.0 Å². The average Bonchev–Trinajstić information content (AvgIpc) is 3.24. The number of hydrogen-bond donors (Lipinski definition) is 0. The summed E-state index contributed by atoms with van der Waals surface area (Å²) in [6, 6.07) is 9.16. The van der Waals surface area contributed by atoms with Gasteiger partial charge >= 0.3 is 5.63 Å². The lowest BCUT2D eigenvalue weighted by Crippen LogP contribution is -2.49. The molecule has 186 valence electrons. The minimum Gasteiger partial charge on any atom is -0.464 e. The van der Waals surface area contributed by atoms with Gasteiger partial charge < -0.3 is 18.3 Å². The molecule has 1 fully saturated rings. The molecule has 36 heavy (non-hydrogen) atoms. The van der Waals surface area contributed by atoms with Crippen LogP contribution in [0.5, 0.6) is 0 Å². The lowest BCUT2D eigenvalue weighted by atomic mass is 9.83. The fourth-order valence-corrected chi connectivity index (χ4v) is 6.06. The molecular formula is C29H30N2O5. The number of fused-ring (bicyclic) bond motifs is 6. The van der Waals surface area contributed by atoms with Crippen molar-refractivity contribution in [2.45, 2.75) is 58.4 Å². The van der Waals surface area contributed by atoms with Gasteiger partial charge in [0.15, 0.2) is 0 Å². The summed E-state index contributed by atoms with van der Waals surface area (Å²) in [5, 5.41) is 1.81. The van der Waals surface area contributed by atoms with Crippen molar-refractivity contribution in [3.8, 4) is 0 Å². The number of hydrogen-bond acceptors (Lipinski definition) is 5. The highest BCUT2D eigenvalue weighted by atomic mass is 16.4. The number of pyridine rings is 1. The number of benzene rings is 1. The average molecular weight is 487 g/mol. The second-order valence-corrected chi connectivity index (χ2v) is 11.4. The van der Waals surface area contributed by atoms with Gasteiger partial charge in [0.2, 0.25) is 5.91 Å². The molecule has 2 aliphatic heterocycles. The minimum absolute atomic E-state index is 0.000688. The lowest BCUT2D eigenvalue weighted by Gasteiger charge is -2.42. The maximum atomic E-state index is 13.4. The van der Waals surface area contributed by atoms with Crippen molar-refractivity contribution < 1.29 is 13.6 Å². The Balaban J connectivity index is 1.33. The van der Waals surface area contributed by atoms with Crippen LogP contribution in [0.4, 0.5) is 0 Å². The molecule has 7 nitrogen and oxygen atoms in total. The van der Waals surface area contributed by atoms with Gasteiger partial charge in [0.1, 0.15) is 11.2 Å². The first kappa shape index (κ1) is 22.8. The monoisotopic (exact) mass is 486 g/mol. The Bertz CT molecular complexity index is 1650. The molecular weight excluding hydrogens is 456 g/mol. The number of carbonyl (C=O) groups excluding carboxylic acids is 1. The third kappa shape index (κ3) is 3.60. The third-order valence-corrected chi connectivity index (χ3v) is 7.95. The number of furan rings is 1. The number of piperidine rings is 1. The first-order chi connectivity index (χ1) is 17.1. The predicted octanol–water partition coefficient (Wildman–Crippen LogP) is 4.50. The topological polar surface area (TPSA) is 85.7 Å². The van der Waals surface area contributed by atoms with Crippen molar-refractivity contribution in [3.05, 3.63) is 79.8 Å². The van der Waals surface area contributed by atoms with Gasteiger partial charge in [0.05, 0.1) is 18.2 Å². The van der Waals surface area contributed by atoms with Crippen LogP contribution >= 0.6 is 0 Å². The van der Waals surface area contributed by atoms with Gasteiger partial charge in [-0.05, 0) is 42.4 Å². The molecule has 0 N–H and O–H groups in total. The highest BCUT2D eigenvalue weighted by Crippen LogP contribution is 2.37. The molecule has 0 aliphatic carbocycles. The standard InChI is InChI=1S/C29H30N2O5/c1-16-19-9-21-22(29(2,3)4)15-35-24(21)11-25(19)36-28(34)20(16)10-27(33)30-12-17-8-18(14-30)23-6-5-7-26(32)31(23)13-17/h5-7,9,11,15,17-18H,8,10,12-14H2,1-4H3/t17-,18-/m0/s1. The van der Waals surface area contributed by atoms with E-state index in [9.17, 15) is 14.4 Å². The number of rotatable bonds is 2. The van der Waals surface area contributed by atoms with Crippen molar-refractivity contribution in [2.75, 3.05) is 13.1 Å². The van der Waals surface area contributed by atoms with Crippen LogP contribution in [0, 0.1) is 12.8 Å². The number of aromatic nitrogens is 1. The summed E-state index contributed by atoms with van der Waals surface area (Å²) in [6.07, 6.45) is 2.74. The summed E-state index contributed by atoms with van der Waals surface area (Å²) in [5.74, 6) is 0.292. The quantitative estimate of drug-likeness (QED) is 0.390. The normalized spacial score (nSPS) is 19.6. The zero-order chi connectivity index (χ0) is 25.4. The van der Waals surface area contributed by atoms with E-state index in [4.69, 9.17) is 8.83 Å². The Morgan fingerprint density at radius 1 is 1.06 bits per heavy atom. The molecule has 1 amide bonds. The van der Waals surface area contributed by atoms with Crippen molar-refractivity contribution in [2.24, 2.45) is 5.92 Å². The van der Waals surface area contributed by atoms with E-state index in [1.165, 1.54) is 0 Å². The van der Waals surface area contributed by atoms with Gasteiger partial charge in [0, 0.05) is 59.7 Å². The van der Waals surface area contributed by atoms with E-state index in [-0.39, 0.29) is 35.1 Å². The van der Waals surface area contributed by atoms with Gasteiger partial charge in [-0.15, -0.1) is 0 Å². The number of amides is 1. The number of carbonyl (C=O) groups is 1. The third-order valence-electron chi connectivity index (χ3n) is 7.95. The number of nitrogens with zero attached hydrogens (tertiary/aromatic N) is 2. The summed E-state index contributed by atoms with van der Waals surface area (Å²) >= 11 is 0.